The van der Waals surface area contributed by atoms with Crippen LogP contribution in [0.3, 0.4) is 0 Å². The SMILES string of the molecule is CCCCC(F)CO[C]=O. The van der Waals surface area contributed by atoms with Crippen LogP contribution in [0.25, 0.3) is 0 Å². The van der Waals surface area contributed by atoms with E-state index in [1.165, 1.54) is 6.47 Å². The van der Waals surface area contributed by atoms with Gasteiger partial charge >= 0.3 is 6.47 Å². The Morgan fingerprint density at radius 1 is 1.70 bits per heavy atom. The van der Waals surface area contributed by atoms with Gasteiger partial charge in [-0.2, -0.15) is 0 Å². The second kappa shape index (κ2) is 6.52. The van der Waals surface area contributed by atoms with Crippen molar-refractivity contribution in [3.63, 3.8) is 0 Å². The molecule has 0 aromatic rings. The van der Waals surface area contributed by atoms with E-state index < -0.39 is 6.17 Å². The normalized spacial score (nSPS) is 12.6. The van der Waals surface area contributed by atoms with E-state index in [2.05, 4.69) is 4.74 Å². The van der Waals surface area contributed by atoms with Crippen LogP contribution in [-0.4, -0.2) is 19.3 Å². The summed E-state index contributed by atoms with van der Waals surface area (Å²) in [5, 5.41) is 0. The van der Waals surface area contributed by atoms with Gasteiger partial charge in [0.15, 0.2) is 0 Å². The van der Waals surface area contributed by atoms with Crippen molar-refractivity contribution in [2.75, 3.05) is 6.61 Å². The van der Waals surface area contributed by atoms with E-state index in [0.29, 0.717) is 6.42 Å². The predicted molar refractivity (Wildman–Crippen MR) is 36.1 cm³/mol. The minimum atomic E-state index is -1.01. The van der Waals surface area contributed by atoms with E-state index in [1.54, 1.807) is 0 Å². The second-order valence-corrected chi connectivity index (χ2v) is 2.13. The monoisotopic (exact) mass is 147 g/mol. The Morgan fingerprint density at radius 2 is 2.40 bits per heavy atom. The molecule has 0 saturated heterocycles. The van der Waals surface area contributed by atoms with Crippen molar-refractivity contribution in [1.82, 2.24) is 0 Å². The first-order chi connectivity index (χ1) is 4.81. The van der Waals surface area contributed by atoms with Crippen LogP contribution in [-0.2, 0) is 9.53 Å². The highest BCUT2D eigenvalue weighted by Gasteiger charge is 2.04. The first-order valence-corrected chi connectivity index (χ1v) is 3.44. The Kier molecular flexibility index (Phi) is 6.13. The summed E-state index contributed by atoms with van der Waals surface area (Å²) in [6, 6.07) is 0. The van der Waals surface area contributed by atoms with E-state index in [-0.39, 0.29) is 6.61 Å². The summed E-state index contributed by atoms with van der Waals surface area (Å²) in [5.74, 6) is 0. The van der Waals surface area contributed by atoms with Crippen LogP contribution in [0.2, 0.25) is 0 Å². The molecular weight excluding hydrogens is 135 g/mol. The van der Waals surface area contributed by atoms with Crippen molar-refractivity contribution in [3.05, 3.63) is 0 Å². The fourth-order valence-electron chi connectivity index (χ4n) is 0.633. The summed E-state index contributed by atoms with van der Waals surface area (Å²) >= 11 is 0. The van der Waals surface area contributed by atoms with E-state index in [0.717, 1.165) is 12.8 Å². The van der Waals surface area contributed by atoms with Crippen molar-refractivity contribution in [3.8, 4) is 0 Å². The minimum absolute atomic E-state index is 0.149. The van der Waals surface area contributed by atoms with Gasteiger partial charge in [0.05, 0.1) is 0 Å². The molecule has 1 unspecified atom stereocenters. The number of hydrogen-bond donors (Lipinski definition) is 0. The molecule has 1 radical (unpaired) electrons. The number of halogens is 1. The largest absolute Gasteiger partial charge is 0.454 e. The summed E-state index contributed by atoms with van der Waals surface area (Å²) in [4.78, 5) is 9.47. The first kappa shape index (κ1) is 9.40. The fourth-order valence-corrected chi connectivity index (χ4v) is 0.633. The van der Waals surface area contributed by atoms with Gasteiger partial charge in [-0.05, 0) is 6.42 Å². The highest BCUT2D eigenvalue weighted by molar-refractivity contribution is 5.38. The summed E-state index contributed by atoms with van der Waals surface area (Å²) in [7, 11) is 0. The molecule has 0 aliphatic heterocycles. The number of ether oxygens (including phenoxy) is 1. The van der Waals surface area contributed by atoms with E-state index >= 15 is 0 Å². The van der Waals surface area contributed by atoms with Gasteiger partial charge in [-0.15, -0.1) is 0 Å². The van der Waals surface area contributed by atoms with E-state index in [4.69, 9.17) is 0 Å². The molecule has 0 amide bonds. The molecule has 0 aliphatic carbocycles. The lowest BCUT2D eigenvalue weighted by molar-refractivity contribution is 0.169. The molecule has 0 fully saturated rings. The highest BCUT2D eigenvalue weighted by atomic mass is 19.1. The summed E-state index contributed by atoms with van der Waals surface area (Å²) in [6.07, 6.45) is 1.26. The van der Waals surface area contributed by atoms with Gasteiger partial charge in [-0.25, -0.2) is 9.18 Å². The molecule has 0 rings (SSSR count). The molecule has 2 nitrogen and oxygen atoms in total. The molecule has 0 N–H and O–H groups in total. The van der Waals surface area contributed by atoms with Crippen LogP contribution in [0.4, 0.5) is 4.39 Å². The Balaban J connectivity index is 3.07. The topological polar surface area (TPSA) is 26.3 Å². The number of alkyl halides is 1. The zero-order valence-electron chi connectivity index (χ0n) is 6.10. The van der Waals surface area contributed by atoms with Crippen molar-refractivity contribution >= 4 is 6.47 Å². The number of carbonyl (C=O) groups excluding carboxylic acids is 1. The highest BCUT2D eigenvalue weighted by Crippen LogP contribution is 2.03. The van der Waals surface area contributed by atoms with Crippen LogP contribution in [0.5, 0.6) is 0 Å². The van der Waals surface area contributed by atoms with Gasteiger partial charge in [0.1, 0.15) is 12.8 Å². The molecule has 0 heterocycles. The van der Waals surface area contributed by atoms with Crippen LogP contribution < -0.4 is 0 Å². The third kappa shape index (κ3) is 5.54. The second-order valence-electron chi connectivity index (χ2n) is 2.13. The molecule has 0 bridgehead atoms. The third-order valence-corrected chi connectivity index (χ3v) is 1.19. The molecular formula is C7H12FO2. The van der Waals surface area contributed by atoms with Gasteiger partial charge in [-0.1, -0.05) is 19.8 Å². The smallest absolute Gasteiger partial charge is 0.417 e. The Labute approximate surface area is 60.4 Å². The Morgan fingerprint density at radius 3 is 2.90 bits per heavy atom. The summed E-state index contributed by atoms with van der Waals surface area (Å²) < 4.78 is 16.6. The van der Waals surface area contributed by atoms with Gasteiger partial charge in [0.2, 0.25) is 0 Å². The number of hydrogen-bond acceptors (Lipinski definition) is 2. The molecule has 0 aromatic carbocycles. The Bertz CT molecular complexity index is 85.7. The summed E-state index contributed by atoms with van der Waals surface area (Å²) in [6.45, 7) is 3.02. The quantitative estimate of drug-likeness (QED) is 0.570. The van der Waals surface area contributed by atoms with Gasteiger partial charge in [0, 0.05) is 0 Å². The van der Waals surface area contributed by atoms with Crippen molar-refractivity contribution in [1.29, 1.82) is 0 Å². The van der Waals surface area contributed by atoms with Crippen molar-refractivity contribution < 1.29 is 13.9 Å². The zero-order chi connectivity index (χ0) is 7.82. The lowest BCUT2D eigenvalue weighted by Gasteiger charge is -2.03. The average Bonchev–Trinajstić information content (AvgIpc) is 1.97. The number of rotatable bonds is 6. The molecule has 0 spiro atoms. The Hall–Kier alpha value is -0.600. The van der Waals surface area contributed by atoms with Crippen LogP contribution in [0, 0.1) is 0 Å². The van der Waals surface area contributed by atoms with E-state index in [1.807, 2.05) is 6.92 Å². The van der Waals surface area contributed by atoms with Gasteiger partial charge < -0.3 is 4.74 Å². The van der Waals surface area contributed by atoms with Gasteiger partial charge in [0.25, 0.3) is 0 Å². The van der Waals surface area contributed by atoms with Gasteiger partial charge in [-0.3, -0.25) is 0 Å². The molecule has 1 atom stereocenters. The molecule has 0 aromatic heterocycles. The fraction of sp³-hybridized carbons (Fsp3) is 0.857. The maximum absolute atomic E-state index is 12.5. The van der Waals surface area contributed by atoms with Crippen LogP contribution in [0.15, 0.2) is 0 Å². The average molecular weight is 147 g/mol. The molecule has 0 aliphatic rings. The van der Waals surface area contributed by atoms with E-state index in [9.17, 15) is 9.18 Å². The predicted octanol–water partition coefficient (Wildman–Crippen LogP) is 1.60. The first-order valence-electron chi connectivity index (χ1n) is 3.44. The lowest BCUT2D eigenvalue weighted by Crippen LogP contribution is -2.08. The number of unbranched alkanes of at least 4 members (excludes halogenated alkanes) is 1. The molecule has 59 valence electrons. The van der Waals surface area contributed by atoms with Crippen molar-refractivity contribution in [2.24, 2.45) is 0 Å². The van der Waals surface area contributed by atoms with Crippen LogP contribution in [0.1, 0.15) is 26.2 Å². The van der Waals surface area contributed by atoms with Crippen LogP contribution >= 0.6 is 0 Å². The summed E-state index contributed by atoms with van der Waals surface area (Å²) in [5.41, 5.74) is 0. The zero-order valence-corrected chi connectivity index (χ0v) is 6.10. The molecule has 10 heavy (non-hydrogen) atoms. The lowest BCUT2D eigenvalue weighted by atomic mass is 10.2. The standard InChI is InChI=1S/C7H12FO2/c1-2-3-4-7(8)5-10-6-9/h7H,2-5H2,1H3. The molecule has 0 saturated carbocycles. The molecule has 3 heteroatoms. The minimum Gasteiger partial charge on any atom is -0.454 e. The maximum Gasteiger partial charge on any atom is 0.417 e. The van der Waals surface area contributed by atoms with Crippen molar-refractivity contribution in [2.45, 2.75) is 32.4 Å². The third-order valence-electron chi connectivity index (χ3n) is 1.19. The maximum atomic E-state index is 12.5.